The molecule has 3 aromatic rings. The van der Waals surface area contributed by atoms with Crippen LogP contribution in [0.5, 0.6) is 17.2 Å². The second-order valence-electron chi connectivity index (χ2n) is 7.54. The Morgan fingerprint density at radius 2 is 1.84 bits per heavy atom. The molecule has 1 amide bonds. The minimum Gasteiger partial charge on any atom is -0.507 e. The lowest BCUT2D eigenvalue weighted by atomic mass is 9.95. The van der Waals surface area contributed by atoms with Gasteiger partial charge in [0.1, 0.15) is 17.2 Å². The van der Waals surface area contributed by atoms with Crippen LogP contribution in [-0.4, -0.2) is 33.1 Å². The normalized spacial score (nSPS) is 14.5. The number of hydrogen-bond acceptors (Lipinski definition) is 4. The zero-order valence-electron chi connectivity index (χ0n) is 16.4. The number of rotatable bonds is 5. The molecule has 7 nitrogen and oxygen atoms in total. The number of aromatic carboxylic acids is 1. The van der Waals surface area contributed by atoms with Crippen LogP contribution < -0.4 is 10.1 Å². The summed E-state index contributed by atoms with van der Waals surface area (Å²) in [5.74, 6) is -1.29. The lowest BCUT2D eigenvalue weighted by molar-refractivity contribution is 0.0691. The molecular formula is C22H20Cl2N2O5. The Labute approximate surface area is 187 Å². The molecule has 31 heavy (non-hydrogen) atoms. The highest BCUT2D eigenvalue weighted by Crippen LogP contribution is 2.42. The van der Waals surface area contributed by atoms with Crippen molar-refractivity contribution in [3.05, 3.63) is 51.6 Å². The van der Waals surface area contributed by atoms with Crippen LogP contribution in [0.15, 0.2) is 30.3 Å². The fourth-order valence-electron chi connectivity index (χ4n) is 3.78. The van der Waals surface area contributed by atoms with E-state index in [2.05, 4.69) is 10.3 Å². The average Bonchev–Trinajstić information content (AvgIpc) is 3.17. The minimum absolute atomic E-state index is 0.0311. The topological polar surface area (TPSA) is 112 Å². The third-order valence-electron chi connectivity index (χ3n) is 5.38. The number of amides is 1. The van der Waals surface area contributed by atoms with Crippen LogP contribution in [0.25, 0.3) is 10.9 Å². The second-order valence-corrected chi connectivity index (χ2v) is 8.33. The smallest absolute Gasteiger partial charge is 0.352 e. The van der Waals surface area contributed by atoms with Gasteiger partial charge >= 0.3 is 5.97 Å². The molecule has 0 bridgehead atoms. The standard InChI is InChI=1S/C22H20Cl2N2O5/c23-15-10-16-13(9-17(26-16)22(29)30)19(24)20(15)31-12-6-7-18(27)14(8-12)21(28)25-11-4-2-1-3-5-11/h6-11,26-27H,1-5H2,(H,25,28)(H,29,30). The Morgan fingerprint density at radius 1 is 1.10 bits per heavy atom. The lowest BCUT2D eigenvalue weighted by Crippen LogP contribution is -2.36. The monoisotopic (exact) mass is 462 g/mol. The van der Waals surface area contributed by atoms with Crippen LogP contribution in [0.3, 0.4) is 0 Å². The molecule has 0 unspecified atom stereocenters. The Kier molecular flexibility index (Phi) is 5.98. The summed E-state index contributed by atoms with van der Waals surface area (Å²) in [6.07, 6.45) is 5.15. The number of phenols is 1. The molecular weight excluding hydrogens is 443 g/mol. The number of nitrogens with one attached hydrogen (secondary N) is 2. The summed E-state index contributed by atoms with van der Waals surface area (Å²) in [5.41, 5.74) is 0.514. The molecule has 162 valence electrons. The van der Waals surface area contributed by atoms with Crippen molar-refractivity contribution >= 4 is 46.0 Å². The number of H-pyrrole nitrogens is 1. The van der Waals surface area contributed by atoms with E-state index in [-0.39, 0.29) is 50.5 Å². The molecule has 0 saturated heterocycles. The van der Waals surface area contributed by atoms with Crippen molar-refractivity contribution in [3.8, 4) is 17.2 Å². The van der Waals surface area contributed by atoms with E-state index in [0.717, 1.165) is 25.7 Å². The fourth-order valence-corrected chi connectivity index (χ4v) is 4.37. The number of aromatic nitrogens is 1. The summed E-state index contributed by atoms with van der Waals surface area (Å²) >= 11 is 12.7. The van der Waals surface area contributed by atoms with Gasteiger partial charge in [0.2, 0.25) is 0 Å². The average molecular weight is 463 g/mol. The van der Waals surface area contributed by atoms with E-state index in [0.29, 0.717) is 10.9 Å². The van der Waals surface area contributed by atoms with Gasteiger partial charge in [-0.3, -0.25) is 4.79 Å². The first-order valence-corrected chi connectivity index (χ1v) is 10.6. The number of carboxylic acid groups (broad SMARTS) is 1. The maximum absolute atomic E-state index is 12.7. The van der Waals surface area contributed by atoms with E-state index in [9.17, 15) is 19.8 Å². The summed E-state index contributed by atoms with van der Waals surface area (Å²) in [4.78, 5) is 26.6. The molecule has 4 N–H and O–H groups in total. The first-order chi connectivity index (χ1) is 14.8. The van der Waals surface area contributed by atoms with E-state index in [1.165, 1.54) is 36.8 Å². The number of aromatic amines is 1. The van der Waals surface area contributed by atoms with Gasteiger partial charge in [0.15, 0.2) is 5.75 Å². The minimum atomic E-state index is -1.13. The predicted molar refractivity (Wildman–Crippen MR) is 118 cm³/mol. The molecule has 1 heterocycles. The van der Waals surface area contributed by atoms with Crippen LogP contribution >= 0.6 is 23.2 Å². The summed E-state index contributed by atoms with van der Waals surface area (Å²) in [6.45, 7) is 0. The maximum atomic E-state index is 12.7. The number of carboxylic acids is 1. The number of phenolic OH excluding ortho intramolecular Hbond substituents is 1. The highest BCUT2D eigenvalue weighted by atomic mass is 35.5. The van der Waals surface area contributed by atoms with Crippen LogP contribution in [0, 0.1) is 0 Å². The van der Waals surface area contributed by atoms with Crippen molar-refractivity contribution in [1.29, 1.82) is 0 Å². The Bertz CT molecular complexity index is 1170. The SMILES string of the molecule is O=C(O)c1cc2c(Cl)c(Oc3ccc(O)c(C(=O)NC4CCCCC4)c3)c(Cl)cc2[nH]1. The molecule has 1 aromatic heterocycles. The van der Waals surface area contributed by atoms with Crippen molar-refractivity contribution in [2.24, 2.45) is 0 Å². The van der Waals surface area contributed by atoms with Gasteiger partial charge in [-0.25, -0.2) is 4.79 Å². The highest BCUT2D eigenvalue weighted by Gasteiger charge is 2.21. The van der Waals surface area contributed by atoms with Gasteiger partial charge in [-0.2, -0.15) is 0 Å². The number of carbonyl (C=O) groups is 2. The molecule has 1 aliphatic carbocycles. The summed E-state index contributed by atoms with van der Waals surface area (Å²) in [6, 6.07) is 7.27. The van der Waals surface area contributed by atoms with Crippen molar-refractivity contribution < 1.29 is 24.5 Å². The lowest BCUT2D eigenvalue weighted by Gasteiger charge is -2.23. The summed E-state index contributed by atoms with van der Waals surface area (Å²) in [5, 5.41) is 23.0. The number of fused-ring (bicyclic) bond motifs is 1. The van der Waals surface area contributed by atoms with Gasteiger partial charge in [0.25, 0.3) is 5.91 Å². The molecule has 1 fully saturated rings. The molecule has 0 spiro atoms. The van der Waals surface area contributed by atoms with Gasteiger partial charge in [0.05, 0.1) is 15.6 Å². The Morgan fingerprint density at radius 3 is 2.55 bits per heavy atom. The molecule has 0 radical (unpaired) electrons. The van der Waals surface area contributed by atoms with Gasteiger partial charge < -0.3 is 25.3 Å². The molecule has 4 rings (SSSR count). The van der Waals surface area contributed by atoms with Gasteiger partial charge in [-0.05, 0) is 43.2 Å². The summed E-state index contributed by atoms with van der Waals surface area (Å²) < 4.78 is 5.84. The predicted octanol–water partition coefficient (Wildman–Crippen LogP) is 5.73. The fraction of sp³-hybridized carbons (Fsp3) is 0.273. The number of benzene rings is 2. The van der Waals surface area contributed by atoms with Crippen LogP contribution in [0.4, 0.5) is 0 Å². The van der Waals surface area contributed by atoms with Crippen LogP contribution in [0.1, 0.15) is 53.0 Å². The van der Waals surface area contributed by atoms with E-state index < -0.39 is 5.97 Å². The zero-order chi connectivity index (χ0) is 22.1. The van der Waals surface area contributed by atoms with Gasteiger partial charge in [0, 0.05) is 16.9 Å². The van der Waals surface area contributed by atoms with Crippen molar-refractivity contribution in [2.75, 3.05) is 0 Å². The second kappa shape index (κ2) is 8.69. The number of hydrogen-bond donors (Lipinski definition) is 4. The Hall–Kier alpha value is -2.90. The molecule has 9 heteroatoms. The van der Waals surface area contributed by atoms with Crippen LogP contribution in [-0.2, 0) is 0 Å². The van der Waals surface area contributed by atoms with Gasteiger partial charge in [-0.15, -0.1) is 0 Å². The van der Waals surface area contributed by atoms with Crippen LogP contribution in [0.2, 0.25) is 10.0 Å². The summed E-state index contributed by atoms with van der Waals surface area (Å²) in [7, 11) is 0. The zero-order valence-corrected chi connectivity index (χ0v) is 17.9. The highest BCUT2D eigenvalue weighted by molar-refractivity contribution is 6.41. The van der Waals surface area contributed by atoms with Crippen molar-refractivity contribution in [2.45, 2.75) is 38.1 Å². The number of aromatic hydroxyl groups is 1. The maximum Gasteiger partial charge on any atom is 0.352 e. The molecule has 1 saturated carbocycles. The third-order valence-corrected chi connectivity index (χ3v) is 6.03. The van der Waals surface area contributed by atoms with E-state index in [1.807, 2.05) is 0 Å². The largest absolute Gasteiger partial charge is 0.507 e. The van der Waals surface area contributed by atoms with Crippen molar-refractivity contribution in [3.63, 3.8) is 0 Å². The Balaban J connectivity index is 1.62. The quantitative estimate of drug-likeness (QED) is 0.386. The first kappa shape index (κ1) is 21.3. The molecule has 1 aliphatic rings. The molecule has 0 aliphatic heterocycles. The van der Waals surface area contributed by atoms with Crippen molar-refractivity contribution in [1.82, 2.24) is 10.3 Å². The molecule has 2 aromatic carbocycles. The van der Waals surface area contributed by atoms with E-state index in [4.69, 9.17) is 27.9 Å². The molecule has 0 atom stereocenters. The van der Waals surface area contributed by atoms with Gasteiger partial charge in [-0.1, -0.05) is 42.5 Å². The number of carbonyl (C=O) groups excluding carboxylic acids is 1. The van der Waals surface area contributed by atoms with E-state index in [1.54, 1.807) is 0 Å². The first-order valence-electron chi connectivity index (χ1n) is 9.89. The third kappa shape index (κ3) is 4.43. The van der Waals surface area contributed by atoms with E-state index >= 15 is 0 Å². The number of ether oxygens (including phenoxy) is 1. The number of halogens is 2.